The van der Waals surface area contributed by atoms with Crippen LogP contribution in [-0.4, -0.2) is 0 Å². The van der Waals surface area contributed by atoms with Gasteiger partial charge in [-0.15, -0.1) is 0 Å². The average molecular weight is 425 g/mol. The van der Waals surface area contributed by atoms with Crippen LogP contribution in [0.4, 0.5) is 13.2 Å². The lowest BCUT2D eigenvalue weighted by atomic mass is 9.76. The molecule has 0 nitrogen and oxygen atoms in total. The number of alkyl halides is 3. The number of hydrogen-bond acceptors (Lipinski definition) is 0. The smallest absolute Gasteiger partial charge is 0.166 e. The van der Waals surface area contributed by atoms with Crippen molar-refractivity contribution in [2.75, 3.05) is 0 Å². The van der Waals surface area contributed by atoms with E-state index in [0.29, 0.717) is 17.4 Å². The van der Waals surface area contributed by atoms with Gasteiger partial charge in [0.05, 0.1) is 5.56 Å². The molecule has 164 valence electrons. The van der Waals surface area contributed by atoms with Crippen molar-refractivity contribution >= 4 is 0 Å². The highest BCUT2D eigenvalue weighted by Crippen LogP contribution is 2.38. The van der Waals surface area contributed by atoms with Crippen LogP contribution in [0.2, 0.25) is 0 Å². The summed E-state index contributed by atoms with van der Waals surface area (Å²) < 4.78 is 37.8. The molecule has 0 amide bonds. The van der Waals surface area contributed by atoms with Crippen LogP contribution in [0.3, 0.4) is 0 Å². The Morgan fingerprint density at radius 1 is 0.968 bits per heavy atom. The van der Waals surface area contributed by atoms with Gasteiger partial charge in [0.2, 0.25) is 0 Å². The zero-order chi connectivity index (χ0) is 22.3. The van der Waals surface area contributed by atoms with Crippen LogP contribution in [0.5, 0.6) is 0 Å². The van der Waals surface area contributed by atoms with Gasteiger partial charge in [-0.1, -0.05) is 56.4 Å². The highest BCUT2D eigenvalue weighted by Gasteiger charge is 2.29. The van der Waals surface area contributed by atoms with Crippen LogP contribution in [0.15, 0.2) is 54.6 Å². The molecule has 31 heavy (non-hydrogen) atoms. The summed E-state index contributed by atoms with van der Waals surface area (Å²) >= 11 is 0. The zero-order valence-electron chi connectivity index (χ0n) is 18.4. The monoisotopic (exact) mass is 424 g/mol. The Bertz CT molecular complexity index is 931. The van der Waals surface area contributed by atoms with Gasteiger partial charge in [0.25, 0.3) is 0 Å². The van der Waals surface area contributed by atoms with Crippen LogP contribution in [0.1, 0.15) is 79.7 Å². The molecular formula is C28H31F3. The van der Waals surface area contributed by atoms with Gasteiger partial charge in [-0.3, -0.25) is 0 Å². The lowest BCUT2D eigenvalue weighted by Crippen LogP contribution is -2.13. The summed E-state index contributed by atoms with van der Waals surface area (Å²) in [6, 6.07) is 12.1. The molecule has 1 aliphatic rings. The Morgan fingerprint density at radius 3 is 2.29 bits per heavy atom. The van der Waals surface area contributed by atoms with Gasteiger partial charge >= 0.3 is 6.18 Å². The van der Waals surface area contributed by atoms with Crippen molar-refractivity contribution in [3.05, 3.63) is 82.4 Å². The van der Waals surface area contributed by atoms with Gasteiger partial charge in [-0.2, -0.15) is 13.2 Å². The Morgan fingerprint density at radius 2 is 1.68 bits per heavy atom. The van der Waals surface area contributed by atoms with E-state index >= 15 is 0 Å². The van der Waals surface area contributed by atoms with E-state index in [4.69, 9.17) is 0 Å². The van der Waals surface area contributed by atoms with Gasteiger partial charge in [-0.05, 0) is 97.4 Å². The molecule has 0 aliphatic heterocycles. The fourth-order valence-electron chi connectivity index (χ4n) is 4.44. The minimum Gasteiger partial charge on any atom is -0.166 e. The molecule has 0 bridgehead atoms. The SMILES string of the molecule is CCCc1cc(CC)ccc1C1CCC(/C=C/C#Cc2ccc(C(F)(F)F)cc2)CC1. The Balaban J connectivity index is 1.55. The molecule has 2 aromatic carbocycles. The highest BCUT2D eigenvalue weighted by atomic mass is 19.4. The molecule has 3 heteroatoms. The number of rotatable bonds is 5. The largest absolute Gasteiger partial charge is 0.416 e. The van der Waals surface area contributed by atoms with E-state index in [1.54, 1.807) is 5.56 Å². The molecule has 0 spiro atoms. The molecule has 2 aromatic rings. The van der Waals surface area contributed by atoms with Gasteiger partial charge in [0.1, 0.15) is 0 Å². The summed E-state index contributed by atoms with van der Waals surface area (Å²) in [7, 11) is 0. The maximum absolute atomic E-state index is 12.6. The average Bonchev–Trinajstić information content (AvgIpc) is 2.77. The van der Waals surface area contributed by atoms with Crippen LogP contribution in [-0.2, 0) is 19.0 Å². The van der Waals surface area contributed by atoms with E-state index in [0.717, 1.165) is 37.8 Å². The maximum Gasteiger partial charge on any atom is 0.416 e. The summed E-state index contributed by atoms with van der Waals surface area (Å²) in [5, 5.41) is 0. The molecular weight excluding hydrogens is 393 g/mol. The van der Waals surface area contributed by atoms with Crippen LogP contribution >= 0.6 is 0 Å². The third-order valence-electron chi connectivity index (χ3n) is 6.23. The minimum absolute atomic E-state index is 0.530. The minimum atomic E-state index is -4.31. The van der Waals surface area contributed by atoms with Crippen LogP contribution in [0.25, 0.3) is 0 Å². The number of aryl methyl sites for hydroxylation is 2. The van der Waals surface area contributed by atoms with E-state index in [2.05, 4.69) is 50.0 Å². The topological polar surface area (TPSA) is 0 Å². The standard InChI is InChI=1S/C28H31F3/c1-3-7-25-20-21(4-2)14-19-27(25)24-15-10-22(11-16-24)8-5-6-9-23-12-17-26(18-13-23)28(29,30)31/h5,8,12-14,17-20,22,24H,3-4,7,10-11,15-16H2,1-2H3/b8-5+. The fraction of sp³-hybridized carbons (Fsp3) is 0.429. The van der Waals surface area contributed by atoms with E-state index in [1.807, 2.05) is 6.08 Å². The fourth-order valence-corrected chi connectivity index (χ4v) is 4.44. The van der Waals surface area contributed by atoms with Crippen molar-refractivity contribution in [1.82, 2.24) is 0 Å². The first-order valence-corrected chi connectivity index (χ1v) is 11.4. The normalized spacial score (nSPS) is 19.3. The zero-order valence-corrected chi connectivity index (χ0v) is 18.4. The van der Waals surface area contributed by atoms with Crippen molar-refractivity contribution in [2.24, 2.45) is 5.92 Å². The van der Waals surface area contributed by atoms with Crippen LogP contribution in [0, 0.1) is 17.8 Å². The molecule has 0 unspecified atom stereocenters. The second-order valence-electron chi connectivity index (χ2n) is 8.45. The van der Waals surface area contributed by atoms with Crippen molar-refractivity contribution in [2.45, 2.75) is 70.9 Å². The third kappa shape index (κ3) is 6.50. The van der Waals surface area contributed by atoms with Crippen molar-refractivity contribution in [1.29, 1.82) is 0 Å². The summed E-state index contributed by atoms with van der Waals surface area (Å²) in [5.41, 5.74) is 4.46. The molecule has 1 fully saturated rings. The van der Waals surface area contributed by atoms with E-state index in [1.165, 1.54) is 42.5 Å². The van der Waals surface area contributed by atoms with Gasteiger partial charge < -0.3 is 0 Å². The summed E-state index contributed by atoms with van der Waals surface area (Å²) in [4.78, 5) is 0. The summed E-state index contributed by atoms with van der Waals surface area (Å²) in [5.74, 6) is 7.08. The van der Waals surface area contributed by atoms with Crippen molar-refractivity contribution < 1.29 is 13.2 Å². The lowest BCUT2D eigenvalue weighted by molar-refractivity contribution is -0.137. The molecule has 0 aromatic heterocycles. The van der Waals surface area contributed by atoms with Crippen molar-refractivity contribution in [3.63, 3.8) is 0 Å². The number of allylic oxidation sites excluding steroid dienone is 2. The number of benzene rings is 2. The molecule has 0 radical (unpaired) electrons. The Kier molecular flexibility index (Phi) is 8.02. The first kappa shape index (κ1) is 23.2. The number of halogens is 3. The van der Waals surface area contributed by atoms with Crippen molar-refractivity contribution in [3.8, 4) is 11.8 Å². The van der Waals surface area contributed by atoms with Crippen LogP contribution < -0.4 is 0 Å². The highest BCUT2D eigenvalue weighted by molar-refractivity contribution is 5.39. The summed E-state index contributed by atoms with van der Waals surface area (Å²) in [6.07, 6.45) is 7.85. The summed E-state index contributed by atoms with van der Waals surface area (Å²) in [6.45, 7) is 4.46. The van der Waals surface area contributed by atoms with E-state index in [9.17, 15) is 13.2 Å². The molecule has 0 heterocycles. The first-order chi connectivity index (χ1) is 14.9. The predicted octanol–water partition coefficient (Wildman–Crippen LogP) is 8.10. The number of hydrogen-bond donors (Lipinski definition) is 0. The van der Waals surface area contributed by atoms with E-state index in [-0.39, 0.29) is 0 Å². The van der Waals surface area contributed by atoms with Gasteiger partial charge in [-0.25, -0.2) is 0 Å². The van der Waals surface area contributed by atoms with Gasteiger partial charge in [0, 0.05) is 5.56 Å². The van der Waals surface area contributed by atoms with Gasteiger partial charge in [0.15, 0.2) is 0 Å². The second kappa shape index (κ2) is 10.7. The first-order valence-electron chi connectivity index (χ1n) is 11.4. The maximum atomic E-state index is 12.6. The predicted molar refractivity (Wildman–Crippen MR) is 122 cm³/mol. The second-order valence-corrected chi connectivity index (χ2v) is 8.45. The Labute approximate surface area is 184 Å². The Hall–Kier alpha value is -2.47. The third-order valence-corrected chi connectivity index (χ3v) is 6.23. The molecule has 0 saturated heterocycles. The molecule has 0 N–H and O–H groups in total. The van der Waals surface area contributed by atoms with E-state index < -0.39 is 11.7 Å². The molecule has 3 rings (SSSR count). The quantitative estimate of drug-likeness (QED) is 0.425. The molecule has 0 atom stereocenters. The molecule has 1 saturated carbocycles. The lowest BCUT2D eigenvalue weighted by Gasteiger charge is -2.29. The molecule has 1 aliphatic carbocycles.